The number of unbranched alkanes of at least 4 members (excludes halogenated alkanes) is 36. The van der Waals surface area contributed by atoms with Crippen molar-refractivity contribution in [2.24, 2.45) is 0 Å². The summed E-state index contributed by atoms with van der Waals surface area (Å²) in [5.74, 6) is -0.867. The van der Waals surface area contributed by atoms with Gasteiger partial charge in [-0.15, -0.1) is 0 Å². The van der Waals surface area contributed by atoms with Gasteiger partial charge in [0.1, 0.15) is 13.2 Å². The highest BCUT2D eigenvalue weighted by atomic mass is 16.6. The van der Waals surface area contributed by atoms with Crippen molar-refractivity contribution in [2.75, 3.05) is 13.2 Å². The van der Waals surface area contributed by atoms with Gasteiger partial charge in [0.2, 0.25) is 0 Å². The lowest BCUT2D eigenvalue weighted by molar-refractivity contribution is -0.167. The lowest BCUT2D eigenvalue weighted by atomic mass is 10.0. The van der Waals surface area contributed by atoms with Gasteiger partial charge in [-0.3, -0.25) is 14.4 Å². The summed E-state index contributed by atoms with van der Waals surface area (Å²) in [5, 5.41) is 0. The van der Waals surface area contributed by atoms with Crippen LogP contribution in [0.25, 0.3) is 0 Å². The topological polar surface area (TPSA) is 78.9 Å². The van der Waals surface area contributed by atoms with E-state index in [0.717, 1.165) is 103 Å². The smallest absolute Gasteiger partial charge is 0.306 e. The number of allylic oxidation sites excluding steroid dienone is 12. The minimum atomic E-state index is -0.767. The maximum atomic E-state index is 12.8. The predicted molar refractivity (Wildman–Crippen MR) is 325 cm³/mol. The molecule has 75 heavy (non-hydrogen) atoms. The first kappa shape index (κ1) is 71.8. The Balaban J connectivity index is 3.92. The largest absolute Gasteiger partial charge is 0.462 e. The standard InChI is InChI=1S/C69H122O6/c1-4-7-10-13-15-17-19-21-23-25-26-27-28-29-30-31-32-33-34-35-36-37-38-39-40-41-42-44-45-47-49-51-53-56-59-62-68(71)74-65-66(64-73-67(70)61-58-55-12-9-6-3)75-69(72)63-60-57-54-52-50-48-46-43-24-22-20-18-16-14-11-8-5-2/h7,10,15,17,21,23,26-27,29-30,32-33,66H,4-6,8-9,11-14,16,18-20,22,24-25,28,31,34-65H2,1-3H3/b10-7-,17-15-,23-21-,27-26-,30-29-,33-32-. The molecule has 0 aliphatic carbocycles. The lowest BCUT2D eigenvalue weighted by Gasteiger charge is -2.18. The first-order chi connectivity index (χ1) is 37.0. The van der Waals surface area contributed by atoms with Crippen molar-refractivity contribution < 1.29 is 28.6 Å². The highest BCUT2D eigenvalue weighted by molar-refractivity contribution is 5.71. The summed E-state index contributed by atoms with van der Waals surface area (Å²) in [6.07, 6.45) is 82.6. The molecule has 0 heterocycles. The van der Waals surface area contributed by atoms with E-state index < -0.39 is 6.10 Å². The van der Waals surface area contributed by atoms with Crippen LogP contribution >= 0.6 is 0 Å². The molecular weight excluding hydrogens is 925 g/mol. The van der Waals surface area contributed by atoms with E-state index in [1.165, 1.54) is 186 Å². The van der Waals surface area contributed by atoms with Crippen molar-refractivity contribution in [1.82, 2.24) is 0 Å². The van der Waals surface area contributed by atoms with Gasteiger partial charge in [-0.25, -0.2) is 0 Å². The third-order valence-corrected chi connectivity index (χ3v) is 14.2. The highest BCUT2D eigenvalue weighted by Crippen LogP contribution is 2.17. The summed E-state index contributed by atoms with van der Waals surface area (Å²) in [5.41, 5.74) is 0. The molecule has 0 aromatic heterocycles. The number of hydrogen-bond acceptors (Lipinski definition) is 6. The third kappa shape index (κ3) is 61.6. The van der Waals surface area contributed by atoms with Gasteiger partial charge in [0.25, 0.3) is 0 Å². The van der Waals surface area contributed by atoms with E-state index in [1.54, 1.807) is 0 Å². The SMILES string of the molecule is CC/C=C\C/C=C\C/C=C\C/C=C\C/C=C\C/C=C\CCCCCCCCCCCCCCCCCCC(=O)OCC(COC(=O)CCCCCCC)OC(=O)CCCCCCCCCCCCCCCCCCC. The molecular formula is C69H122O6. The van der Waals surface area contributed by atoms with Crippen LogP contribution in [-0.4, -0.2) is 37.2 Å². The van der Waals surface area contributed by atoms with Crippen molar-refractivity contribution in [1.29, 1.82) is 0 Å². The molecule has 0 amide bonds. The van der Waals surface area contributed by atoms with Gasteiger partial charge in [-0.2, -0.15) is 0 Å². The quantitative estimate of drug-likeness (QED) is 0.0261. The van der Waals surface area contributed by atoms with Gasteiger partial charge >= 0.3 is 17.9 Å². The number of ether oxygens (including phenoxy) is 3. The molecule has 0 aliphatic rings. The Morgan fingerprint density at radius 3 is 0.813 bits per heavy atom. The Bertz CT molecular complexity index is 1390. The Kier molecular flexibility index (Phi) is 60.7. The molecule has 0 radical (unpaired) electrons. The van der Waals surface area contributed by atoms with E-state index in [1.807, 2.05) is 0 Å². The van der Waals surface area contributed by atoms with E-state index in [9.17, 15) is 14.4 Å². The fraction of sp³-hybridized carbons (Fsp3) is 0.783. The normalized spacial score (nSPS) is 12.5. The lowest BCUT2D eigenvalue weighted by Crippen LogP contribution is -2.30. The Morgan fingerprint density at radius 2 is 0.520 bits per heavy atom. The maximum absolute atomic E-state index is 12.8. The van der Waals surface area contributed by atoms with Crippen LogP contribution in [-0.2, 0) is 28.6 Å². The second-order valence-corrected chi connectivity index (χ2v) is 21.7. The van der Waals surface area contributed by atoms with Crippen LogP contribution in [0.1, 0.15) is 329 Å². The minimum absolute atomic E-state index is 0.0697. The van der Waals surface area contributed by atoms with Crippen LogP contribution in [0.4, 0.5) is 0 Å². The Labute approximate surface area is 465 Å². The van der Waals surface area contributed by atoms with Crippen molar-refractivity contribution in [3.8, 4) is 0 Å². The molecule has 1 unspecified atom stereocenters. The number of carbonyl (C=O) groups is 3. The molecule has 434 valence electrons. The summed E-state index contributed by atoms with van der Waals surface area (Å²) >= 11 is 0. The molecule has 0 saturated carbocycles. The average Bonchev–Trinajstić information content (AvgIpc) is 3.41. The molecule has 0 rings (SSSR count). The summed E-state index contributed by atoms with van der Waals surface area (Å²) in [4.78, 5) is 37.9. The van der Waals surface area contributed by atoms with Crippen LogP contribution in [0.15, 0.2) is 72.9 Å². The van der Waals surface area contributed by atoms with Crippen LogP contribution in [0, 0.1) is 0 Å². The molecule has 0 bridgehead atoms. The van der Waals surface area contributed by atoms with Gasteiger partial charge in [0, 0.05) is 19.3 Å². The van der Waals surface area contributed by atoms with Gasteiger partial charge < -0.3 is 14.2 Å². The van der Waals surface area contributed by atoms with Gasteiger partial charge in [0.15, 0.2) is 6.10 Å². The molecule has 6 heteroatoms. The third-order valence-electron chi connectivity index (χ3n) is 14.2. The van der Waals surface area contributed by atoms with Gasteiger partial charge in [-0.05, 0) is 70.6 Å². The second-order valence-electron chi connectivity index (χ2n) is 21.7. The number of hydrogen-bond donors (Lipinski definition) is 0. The summed E-state index contributed by atoms with van der Waals surface area (Å²) in [6, 6.07) is 0. The minimum Gasteiger partial charge on any atom is -0.462 e. The van der Waals surface area contributed by atoms with Crippen LogP contribution in [0.5, 0.6) is 0 Å². The fourth-order valence-corrected chi connectivity index (χ4v) is 9.39. The summed E-state index contributed by atoms with van der Waals surface area (Å²) in [6.45, 7) is 6.48. The fourth-order valence-electron chi connectivity index (χ4n) is 9.39. The molecule has 0 fully saturated rings. The first-order valence-corrected chi connectivity index (χ1v) is 32.4. The van der Waals surface area contributed by atoms with E-state index in [0.29, 0.717) is 19.3 Å². The zero-order chi connectivity index (χ0) is 54.3. The van der Waals surface area contributed by atoms with Crippen molar-refractivity contribution in [3.63, 3.8) is 0 Å². The molecule has 1 atom stereocenters. The van der Waals surface area contributed by atoms with E-state index in [4.69, 9.17) is 14.2 Å². The monoisotopic (exact) mass is 1050 g/mol. The zero-order valence-electron chi connectivity index (χ0n) is 49.8. The van der Waals surface area contributed by atoms with E-state index in [2.05, 4.69) is 93.7 Å². The van der Waals surface area contributed by atoms with Crippen LogP contribution in [0.3, 0.4) is 0 Å². The Morgan fingerprint density at radius 1 is 0.280 bits per heavy atom. The first-order valence-electron chi connectivity index (χ1n) is 32.4. The van der Waals surface area contributed by atoms with Crippen LogP contribution in [0.2, 0.25) is 0 Å². The number of carbonyl (C=O) groups excluding carboxylic acids is 3. The molecule has 0 N–H and O–H groups in total. The predicted octanol–water partition coefficient (Wildman–Crippen LogP) is 22.1. The van der Waals surface area contributed by atoms with Crippen molar-refractivity contribution in [2.45, 2.75) is 335 Å². The van der Waals surface area contributed by atoms with Crippen LogP contribution < -0.4 is 0 Å². The molecule has 0 spiro atoms. The number of rotatable bonds is 59. The van der Waals surface area contributed by atoms with E-state index in [-0.39, 0.29) is 31.1 Å². The van der Waals surface area contributed by atoms with Gasteiger partial charge in [-0.1, -0.05) is 312 Å². The zero-order valence-corrected chi connectivity index (χ0v) is 49.8. The summed E-state index contributed by atoms with van der Waals surface area (Å²) < 4.78 is 16.8. The second kappa shape index (κ2) is 63.4. The maximum Gasteiger partial charge on any atom is 0.306 e. The van der Waals surface area contributed by atoms with Crippen molar-refractivity contribution >= 4 is 17.9 Å². The molecule has 0 aromatic rings. The number of esters is 3. The van der Waals surface area contributed by atoms with Crippen molar-refractivity contribution in [3.05, 3.63) is 72.9 Å². The van der Waals surface area contributed by atoms with Gasteiger partial charge in [0.05, 0.1) is 0 Å². The Hall–Kier alpha value is -3.15. The summed E-state index contributed by atoms with van der Waals surface area (Å²) in [7, 11) is 0. The molecule has 0 aliphatic heterocycles. The average molecular weight is 1050 g/mol. The molecule has 6 nitrogen and oxygen atoms in total. The highest BCUT2D eigenvalue weighted by Gasteiger charge is 2.19. The molecule has 0 aromatic carbocycles. The molecule has 0 saturated heterocycles. The van der Waals surface area contributed by atoms with E-state index >= 15 is 0 Å².